The van der Waals surface area contributed by atoms with Crippen LogP contribution in [0.5, 0.6) is 0 Å². The molecule has 1 heterocycles. The van der Waals surface area contributed by atoms with Crippen molar-refractivity contribution in [3.63, 3.8) is 0 Å². The van der Waals surface area contributed by atoms with Gasteiger partial charge in [-0.2, -0.15) is 0 Å². The van der Waals surface area contributed by atoms with Gasteiger partial charge in [-0.3, -0.25) is 4.79 Å². The van der Waals surface area contributed by atoms with Crippen LogP contribution in [0.15, 0.2) is 48.7 Å². The minimum Gasteiger partial charge on any atom is -0.465 e. The molecule has 0 bridgehead atoms. The molecule has 0 saturated carbocycles. The average Bonchev–Trinajstić information content (AvgIpc) is 3.09. The number of aromatic amines is 1. The zero-order valence-corrected chi connectivity index (χ0v) is 14.1. The molecule has 0 unspecified atom stereocenters. The van der Waals surface area contributed by atoms with Gasteiger partial charge in [0.2, 0.25) is 5.78 Å². The van der Waals surface area contributed by atoms with Crippen LogP contribution in [-0.4, -0.2) is 23.8 Å². The number of hydrogen-bond donors (Lipinski definition) is 1. The van der Waals surface area contributed by atoms with Crippen molar-refractivity contribution >= 4 is 11.8 Å². The van der Waals surface area contributed by atoms with Gasteiger partial charge in [0.15, 0.2) is 0 Å². The van der Waals surface area contributed by atoms with E-state index in [4.69, 9.17) is 4.74 Å². The van der Waals surface area contributed by atoms with E-state index < -0.39 is 23.4 Å². The third-order valence-corrected chi connectivity index (χ3v) is 4.15. The maximum atomic E-state index is 14.5. The molecule has 0 fully saturated rings. The third-order valence-electron chi connectivity index (χ3n) is 4.15. The maximum absolute atomic E-state index is 14.5. The maximum Gasteiger partial charge on any atom is 0.340 e. The summed E-state index contributed by atoms with van der Waals surface area (Å²) in [5.74, 6) is -2.59. The van der Waals surface area contributed by atoms with E-state index in [0.717, 1.165) is 12.1 Å². The van der Waals surface area contributed by atoms with Gasteiger partial charge in [0.25, 0.3) is 0 Å². The first-order valence-corrected chi connectivity index (χ1v) is 7.80. The minimum atomic E-state index is -0.758. The number of benzene rings is 2. The number of carbonyl (C=O) groups excluding carboxylic acids is 2. The summed E-state index contributed by atoms with van der Waals surface area (Å²) in [5, 5.41) is 0. The summed E-state index contributed by atoms with van der Waals surface area (Å²) in [4.78, 5) is 27.7. The van der Waals surface area contributed by atoms with Crippen molar-refractivity contribution in [1.82, 2.24) is 4.98 Å². The van der Waals surface area contributed by atoms with Crippen molar-refractivity contribution in [3.05, 3.63) is 82.7 Å². The van der Waals surface area contributed by atoms with Gasteiger partial charge in [0, 0.05) is 22.9 Å². The number of ketones is 1. The first-order chi connectivity index (χ1) is 12.5. The monoisotopic (exact) mass is 355 g/mol. The summed E-state index contributed by atoms with van der Waals surface area (Å²) in [6.07, 6.45) is 1.27. The minimum absolute atomic E-state index is 0.00290. The van der Waals surface area contributed by atoms with Gasteiger partial charge in [-0.1, -0.05) is 30.3 Å². The lowest BCUT2D eigenvalue weighted by Crippen LogP contribution is -2.08. The fourth-order valence-electron chi connectivity index (χ4n) is 2.83. The summed E-state index contributed by atoms with van der Waals surface area (Å²) < 4.78 is 33.3. The van der Waals surface area contributed by atoms with Crippen LogP contribution in [0.4, 0.5) is 8.78 Å². The Bertz CT molecular complexity index is 994. The summed E-state index contributed by atoms with van der Waals surface area (Å²) >= 11 is 0. The molecule has 4 nitrogen and oxygen atoms in total. The van der Waals surface area contributed by atoms with Crippen LogP contribution in [0.25, 0.3) is 11.1 Å². The lowest BCUT2D eigenvalue weighted by Gasteiger charge is -2.11. The molecule has 0 atom stereocenters. The van der Waals surface area contributed by atoms with Crippen molar-refractivity contribution < 1.29 is 23.1 Å². The van der Waals surface area contributed by atoms with E-state index in [0.29, 0.717) is 5.56 Å². The number of methoxy groups -OCH3 is 1. The molecule has 2 aromatic carbocycles. The number of carbonyl (C=O) groups is 2. The average molecular weight is 355 g/mol. The van der Waals surface area contributed by atoms with E-state index >= 15 is 0 Å². The zero-order chi connectivity index (χ0) is 18.8. The van der Waals surface area contributed by atoms with Crippen LogP contribution < -0.4 is 0 Å². The summed E-state index contributed by atoms with van der Waals surface area (Å²) in [6.45, 7) is 1.39. The molecule has 0 amide bonds. The molecule has 0 aliphatic carbocycles. The van der Waals surface area contributed by atoms with E-state index in [1.54, 1.807) is 30.3 Å². The predicted molar refractivity (Wildman–Crippen MR) is 92.1 cm³/mol. The number of esters is 1. The number of H-pyrrole nitrogens is 1. The normalized spacial score (nSPS) is 10.6. The van der Waals surface area contributed by atoms with Crippen LogP contribution in [0.1, 0.15) is 32.0 Å². The SMILES string of the molecule is COC(=O)c1c[nH]c(C(=O)c2ccccc2)c1-c1c(F)ccc(F)c1C. The highest BCUT2D eigenvalue weighted by Gasteiger charge is 2.28. The Balaban J connectivity index is 2.30. The van der Waals surface area contributed by atoms with Crippen LogP contribution in [0, 0.1) is 18.6 Å². The summed E-state index contributed by atoms with van der Waals surface area (Å²) in [7, 11) is 1.17. The standard InChI is InChI=1S/C20H15F2NO3/c1-11-14(21)8-9-15(22)16(11)17-13(20(25)26-2)10-23-18(17)19(24)12-6-4-3-5-7-12/h3-10,23H,1-2H3. The molecule has 0 radical (unpaired) electrons. The molecule has 0 spiro atoms. The van der Waals surface area contributed by atoms with Crippen molar-refractivity contribution in [1.29, 1.82) is 0 Å². The molecule has 1 N–H and O–H groups in total. The van der Waals surface area contributed by atoms with E-state index in [1.165, 1.54) is 20.2 Å². The van der Waals surface area contributed by atoms with Crippen LogP contribution in [0.2, 0.25) is 0 Å². The van der Waals surface area contributed by atoms with Gasteiger partial charge in [-0.05, 0) is 24.6 Å². The Morgan fingerprint density at radius 1 is 0.962 bits per heavy atom. The Kier molecular flexibility index (Phi) is 4.67. The highest BCUT2D eigenvalue weighted by Crippen LogP contribution is 2.35. The summed E-state index contributed by atoms with van der Waals surface area (Å²) in [6, 6.07) is 10.3. The first-order valence-electron chi connectivity index (χ1n) is 7.80. The largest absolute Gasteiger partial charge is 0.465 e. The van der Waals surface area contributed by atoms with Crippen LogP contribution >= 0.6 is 0 Å². The Hall–Kier alpha value is -3.28. The molecule has 6 heteroatoms. The second kappa shape index (κ2) is 6.92. The fourth-order valence-corrected chi connectivity index (χ4v) is 2.83. The highest BCUT2D eigenvalue weighted by molar-refractivity contribution is 6.15. The Morgan fingerprint density at radius 3 is 2.27 bits per heavy atom. The third kappa shape index (κ3) is 2.90. The molecule has 0 saturated heterocycles. The number of halogens is 2. The number of rotatable bonds is 4. The quantitative estimate of drug-likeness (QED) is 0.561. The predicted octanol–water partition coefficient (Wildman–Crippen LogP) is 4.29. The van der Waals surface area contributed by atoms with E-state index in [2.05, 4.69) is 4.98 Å². The van der Waals surface area contributed by atoms with Crippen LogP contribution in [0.3, 0.4) is 0 Å². The van der Waals surface area contributed by atoms with E-state index in [9.17, 15) is 18.4 Å². The van der Waals surface area contributed by atoms with Gasteiger partial charge >= 0.3 is 5.97 Å². The van der Waals surface area contributed by atoms with Crippen molar-refractivity contribution in [2.75, 3.05) is 7.11 Å². The molecule has 0 aliphatic heterocycles. The van der Waals surface area contributed by atoms with E-state index in [-0.39, 0.29) is 27.9 Å². The Labute approximate surface area is 148 Å². The molecule has 0 aliphatic rings. The topological polar surface area (TPSA) is 59.2 Å². The molecule has 26 heavy (non-hydrogen) atoms. The van der Waals surface area contributed by atoms with Gasteiger partial charge in [-0.25, -0.2) is 13.6 Å². The number of ether oxygens (including phenoxy) is 1. The molecule has 132 valence electrons. The van der Waals surface area contributed by atoms with Crippen molar-refractivity contribution in [3.8, 4) is 11.1 Å². The molecule has 1 aromatic heterocycles. The van der Waals surface area contributed by atoms with Gasteiger partial charge < -0.3 is 9.72 Å². The number of nitrogens with one attached hydrogen (secondary N) is 1. The first kappa shape index (κ1) is 17.5. The van der Waals surface area contributed by atoms with E-state index in [1.807, 2.05) is 0 Å². The lowest BCUT2D eigenvalue weighted by atomic mass is 9.93. The Morgan fingerprint density at radius 2 is 1.62 bits per heavy atom. The van der Waals surface area contributed by atoms with Gasteiger partial charge in [-0.15, -0.1) is 0 Å². The molecule has 3 rings (SSSR count). The van der Waals surface area contributed by atoms with Gasteiger partial charge in [0.05, 0.1) is 18.4 Å². The highest BCUT2D eigenvalue weighted by atomic mass is 19.1. The molecular weight excluding hydrogens is 340 g/mol. The molecule has 3 aromatic rings. The van der Waals surface area contributed by atoms with Crippen LogP contribution in [-0.2, 0) is 4.74 Å². The zero-order valence-electron chi connectivity index (χ0n) is 14.1. The van der Waals surface area contributed by atoms with Crippen molar-refractivity contribution in [2.45, 2.75) is 6.92 Å². The molecular formula is C20H15F2NO3. The second-order valence-electron chi connectivity index (χ2n) is 5.67. The fraction of sp³-hybridized carbons (Fsp3) is 0.100. The number of hydrogen-bond acceptors (Lipinski definition) is 3. The summed E-state index contributed by atoms with van der Waals surface area (Å²) in [5.41, 5.74) is 0.132. The lowest BCUT2D eigenvalue weighted by molar-refractivity contribution is 0.0601. The second-order valence-corrected chi connectivity index (χ2v) is 5.67. The van der Waals surface area contributed by atoms with Gasteiger partial charge in [0.1, 0.15) is 11.6 Å². The number of aromatic nitrogens is 1. The smallest absolute Gasteiger partial charge is 0.340 e. The van der Waals surface area contributed by atoms with Crippen molar-refractivity contribution in [2.24, 2.45) is 0 Å².